The molecule has 3 aromatic rings. The van der Waals surface area contributed by atoms with Crippen LogP contribution < -0.4 is 21.3 Å². The maximum Gasteiger partial charge on any atom is 0.332 e. The maximum atomic E-state index is 12.6. The molecular formula is C21H24N4O4. The first-order valence-electron chi connectivity index (χ1n) is 9.24. The maximum absolute atomic E-state index is 12.6. The molecule has 0 saturated heterocycles. The van der Waals surface area contributed by atoms with Crippen molar-refractivity contribution in [2.24, 2.45) is 14.1 Å². The van der Waals surface area contributed by atoms with E-state index in [1.54, 1.807) is 38.4 Å². The van der Waals surface area contributed by atoms with Gasteiger partial charge in [-0.05, 0) is 55.7 Å². The van der Waals surface area contributed by atoms with Gasteiger partial charge in [0.05, 0.1) is 12.5 Å². The van der Waals surface area contributed by atoms with Gasteiger partial charge in [-0.15, -0.1) is 0 Å². The van der Waals surface area contributed by atoms with E-state index in [0.717, 1.165) is 15.7 Å². The number of pyridine rings is 1. The van der Waals surface area contributed by atoms with Crippen LogP contribution in [0.2, 0.25) is 0 Å². The van der Waals surface area contributed by atoms with E-state index in [4.69, 9.17) is 4.74 Å². The summed E-state index contributed by atoms with van der Waals surface area (Å²) in [5.74, 6) is 0.579. The molecule has 8 nitrogen and oxygen atoms in total. The van der Waals surface area contributed by atoms with Crippen LogP contribution in [0.5, 0.6) is 5.75 Å². The average Bonchev–Trinajstić information content (AvgIpc) is 2.70. The van der Waals surface area contributed by atoms with Crippen molar-refractivity contribution in [2.75, 3.05) is 12.4 Å². The molecule has 29 heavy (non-hydrogen) atoms. The molecule has 8 heteroatoms. The Morgan fingerprint density at radius 2 is 1.76 bits per heavy atom. The SMILES string of the molecule is COc1ccc(NC(=O)CCc2c(C)nc3c(c2C)c(=O)n(C)c(=O)n3C)cc1. The van der Waals surface area contributed by atoms with E-state index in [1.165, 1.54) is 11.6 Å². The van der Waals surface area contributed by atoms with Crippen LogP contribution >= 0.6 is 0 Å². The predicted octanol–water partition coefficient (Wildman–Crippen LogP) is 1.83. The number of methoxy groups -OCH3 is 1. The van der Waals surface area contributed by atoms with Crippen LogP contribution in [0.1, 0.15) is 23.2 Å². The smallest absolute Gasteiger partial charge is 0.332 e. The fraction of sp³-hybridized carbons (Fsp3) is 0.333. The summed E-state index contributed by atoms with van der Waals surface area (Å²) in [6.07, 6.45) is 0.682. The Morgan fingerprint density at radius 3 is 2.38 bits per heavy atom. The Labute approximate surface area is 167 Å². The van der Waals surface area contributed by atoms with Crippen molar-refractivity contribution >= 4 is 22.6 Å². The first-order chi connectivity index (χ1) is 13.7. The van der Waals surface area contributed by atoms with Crippen LogP contribution in [0.4, 0.5) is 5.69 Å². The second-order valence-electron chi connectivity index (χ2n) is 6.98. The average molecular weight is 396 g/mol. The van der Waals surface area contributed by atoms with Crippen molar-refractivity contribution in [3.63, 3.8) is 0 Å². The van der Waals surface area contributed by atoms with E-state index in [9.17, 15) is 14.4 Å². The topological polar surface area (TPSA) is 95.2 Å². The highest BCUT2D eigenvalue weighted by Gasteiger charge is 2.17. The summed E-state index contributed by atoms with van der Waals surface area (Å²) in [5.41, 5.74) is 2.55. The highest BCUT2D eigenvalue weighted by atomic mass is 16.5. The summed E-state index contributed by atoms with van der Waals surface area (Å²) in [5, 5.41) is 3.26. The number of fused-ring (bicyclic) bond motifs is 1. The lowest BCUT2D eigenvalue weighted by molar-refractivity contribution is -0.116. The molecule has 0 aliphatic heterocycles. The van der Waals surface area contributed by atoms with Crippen LogP contribution in [0.25, 0.3) is 11.0 Å². The number of hydrogen-bond donors (Lipinski definition) is 1. The summed E-state index contributed by atoms with van der Waals surface area (Å²) < 4.78 is 7.55. The molecule has 0 radical (unpaired) electrons. The zero-order chi connectivity index (χ0) is 21.3. The zero-order valence-electron chi connectivity index (χ0n) is 17.2. The van der Waals surface area contributed by atoms with Gasteiger partial charge in [0.25, 0.3) is 5.56 Å². The molecule has 0 aliphatic carbocycles. The van der Waals surface area contributed by atoms with Gasteiger partial charge < -0.3 is 10.1 Å². The van der Waals surface area contributed by atoms with Crippen LogP contribution in [-0.2, 0) is 25.3 Å². The Morgan fingerprint density at radius 1 is 1.10 bits per heavy atom. The summed E-state index contributed by atoms with van der Waals surface area (Å²) >= 11 is 0. The highest BCUT2D eigenvalue weighted by molar-refractivity contribution is 5.91. The number of nitrogens with one attached hydrogen (secondary N) is 1. The highest BCUT2D eigenvalue weighted by Crippen LogP contribution is 2.21. The largest absolute Gasteiger partial charge is 0.497 e. The van der Waals surface area contributed by atoms with E-state index < -0.39 is 5.69 Å². The van der Waals surface area contributed by atoms with Gasteiger partial charge in [-0.25, -0.2) is 9.78 Å². The lowest BCUT2D eigenvalue weighted by Gasteiger charge is -2.15. The summed E-state index contributed by atoms with van der Waals surface area (Å²) in [6.45, 7) is 3.66. The number of anilines is 1. The second-order valence-corrected chi connectivity index (χ2v) is 6.98. The summed E-state index contributed by atoms with van der Waals surface area (Å²) in [4.78, 5) is 41.7. The number of carbonyl (C=O) groups excluding carboxylic acids is 1. The molecule has 1 aromatic carbocycles. The van der Waals surface area contributed by atoms with Crippen molar-refractivity contribution in [1.29, 1.82) is 0 Å². The number of hydrogen-bond acceptors (Lipinski definition) is 5. The first-order valence-corrected chi connectivity index (χ1v) is 9.24. The Hall–Kier alpha value is -3.42. The molecule has 0 unspecified atom stereocenters. The van der Waals surface area contributed by atoms with Crippen molar-refractivity contribution in [2.45, 2.75) is 26.7 Å². The van der Waals surface area contributed by atoms with Crippen LogP contribution in [0, 0.1) is 13.8 Å². The van der Waals surface area contributed by atoms with Gasteiger partial charge in [0, 0.05) is 31.9 Å². The van der Waals surface area contributed by atoms with Crippen LogP contribution in [0.15, 0.2) is 33.9 Å². The van der Waals surface area contributed by atoms with Gasteiger partial charge in [0.2, 0.25) is 5.91 Å². The van der Waals surface area contributed by atoms with Gasteiger partial charge in [-0.3, -0.25) is 18.7 Å². The summed E-state index contributed by atoms with van der Waals surface area (Å²) in [7, 11) is 4.63. The van der Waals surface area contributed by atoms with E-state index in [-0.39, 0.29) is 17.9 Å². The van der Waals surface area contributed by atoms with E-state index >= 15 is 0 Å². The zero-order valence-corrected chi connectivity index (χ0v) is 17.2. The number of amides is 1. The monoisotopic (exact) mass is 396 g/mol. The molecule has 0 spiro atoms. The van der Waals surface area contributed by atoms with Gasteiger partial charge in [0.1, 0.15) is 11.4 Å². The third-order valence-corrected chi connectivity index (χ3v) is 5.15. The molecule has 152 valence electrons. The number of ether oxygens (including phenoxy) is 1. The Balaban J connectivity index is 1.87. The van der Waals surface area contributed by atoms with E-state index in [0.29, 0.717) is 34.6 Å². The molecule has 0 fully saturated rings. The van der Waals surface area contributed by atoms with Gasteiger partial charge >= 0.3 is 5.69 Å². The number of nitrogens with zero attached hydrogens (tertiary/aromatic N) is 3. The number of benzene rings is 1. The molecule has 2 heterocycles. The lowest BCUT2D eigenvalue weighted by Crippen LogP contribution is -2.38. The lowest BCUT2D eigenvalue weighted by atomic mass is 10.00. The molecular weight excluding hydrogens is 372 g/mol. The number of carbonyl (C=O) groups is 1. The Bertz CT molecular complexity index is 1210. The van der Waals surface area contributed by atoms with E-state index in [1.807, 2.05) is 13.8 Å². The Kier molecular flexibility index (Phi) is 5.54. The van der Waals surface area contributed by atoms with Crippen molar-refractivity contribution < 1.29 is 9.53 Å². The van der Waals surface area contributed by atoms with Gasteiger partial charge in [-0.1, -0.05) is 0 Å². The van der Waals surface area contributed by atoms with Gasteiger partial charge in [0.15, 0.2) is 0 Å². The molecule has 0 aliphatic rings. The fourth-order valence-electron chi connectivity index (χ4n) is 3.45. The molecule has 0 atom stereocenters. The molecule has 2 aromatic heterocycles. The minimum Gasteiger partial charge on any atom is -0.497 e. The van der Waals surface area contributed by atoms with Crippen molar-refractivity contribution in [3.05, 3.63) is 61.9 Å². The quantitative estimate of drug-likeness (QED) is 0.710. The van der Waals surface area contributed by atoms with E-state index in [2.05, 4.69) is 10.3 Å². The molecule has 1 amide bonds. The fourth-order valence-corrected chi connectivity index (χ4v) is 3.45. The molecule has 0 bridgehead atoms. The number of rotatable bonds is 5. The third-order valence-electron chi connectivity index (χ3n) is 5.15. The molecule has 0 saturated carbocycles. The normalized spacial score (nSPS) is 10.9. The second kappa shape index (κ2) is 7.90. The van der Waals surface area contributed by atoms with Crippen LogP contribution in [0.3, 0.4) is 0 Å². The summed E-state index contributed by atoms with van der Waals surface area (Å²) in [6, 6.07) is 7.10. The first kappa shape index (κ1) is 20.3. The third kappa shape index (κ3) is 3.78. The van der Waals surface area contributed by atoms with Gasteiger partial charge in [-0.2, -0.15) is 0 Å². The minimum atomic E-state index is -0.416. The van der Waals surface area contributed by atoms with Crippen LogP contribution in [-0.4, -0.2) is 27.1 Å². The predicted molar refractivity (Wildman–Crippen MR) is 112 cm³/mol. The van der Waals surface area contributed by atoms with Crippen molar-refractivity contribution in [3.8, 4) is 5.75 Å². The molecule has 3 rings (SSSR count). The molecule has 1 N–H and O–H groups in total. The number of aromatic nitrogens is 3. The number of aryl methyl sites for hydroxylation is 3. The standard InChI is InChI=1S/C21H24N4O4/c1-12-16(10-11-17(26)23-14-6-8-15(29-5)9-7-14)13(2)22-19-18(12)20(27)25(4)21(28)24(19)3/h6-9H,10-11H2,1-5H3,(H,23,26). The van der Waals surface area contributed by atoms with Crippen molar-refractivity contribution in [1.82, 2.24) is 14.1 Å². The minimum absolute atomic E-state index is 0.137.